The molecular weight excluding hydrogens is 584 g/mol. The number of carbonyl (C=O) groups excluding carboxylic acids is 2. The Kier molecular flexibility index (Phi) is 7.10. The first-order valence-corrected chi connectivity index (χ1v) is 15.2. The van der Waals surface area contributed by atoms with Crippen molar-refractivity contribution in [3.63, 3.8) is 0 Å². The highest BCUT2D eigenvalue weighted by Crippen LogP contribution is 2.59. The number of hydrogen-bond donors (Lipinski definition) is 2. The number of nitrogens with one attached hydrogen (secondary N) is 1. The lowest BCUT2D eigenvalue weighted by Crippen LogP contribution is -2.60. The number of alkyl halides is 4. The van der Waals surface area contributed by atoms with Crippen LogP contribution >= 0.6 is 0 Å². The van der Waals surface area contributed by atoms with Crippen molar-refractivity contribution in [1.82, 2.24) is 10.1 Å². The molecule has 5 aliphatic rings. The molecule has 0 aliphatic heterocycles. The quantitative estimate of drug-likeness (QED) is 0.330. The summed E-state index contributed by atoms with van der Waals surface area (Å²) in [5.41, 5.74) is -4.96. The van der Waals surface area contributed by atoms with E-state index in [1.807, 2.05) is 0 Å². The molecule has 5 aliphatic carbocycles. The van der Waals surface area contributed by atoms with Crippen LogP contribution in [0.2, 0.25) is 0 Å². The number of benzene rings is 1. The summed E-state index contributed by atoms with van der Waals surface area (Å²) in [6.07, 6.45) is -1.85. The van der Waals surface area contributed by atoms with Crippen LogP contribution in [-0.4, -0.2) is 51.2 Å². The number of aromatic nitrogens is 2. The van der Waals surface area contributed by atoms with E-state index in [1.54, 1.807) is 45.0 Å². The third kappa shape index (κ3) is 5.67. The molecule has 2 bridgehead atoms. The largest absolute Gasteiger partial charge is 0.444 e. The van der Waals surface area contributed by atoms with Gasteiger partial charge in [0.1, 0.15) is 5.60 Å². The Morgan fingerprint density at radius 3 is 2.27 bits per heavy atom. The van der Waals surface area contributed by atoms with E-state index >= 15 is 0 Å². The zero-order chi connectivity index (χ0) is 31.8. The van der Waals surface area contributed by atoms with Crippen LogP contribution in [0.1, 0.15) is 96.7 Å². The van der Waals surface area contributed by atoms with Crippen molar-refractivity contribution in [3.8, 4) is 0 Å². The maximum Gasteiger partial charge on any atom is 0.417 e. The van der Waals surface area contributed by atoms with Gasteiger partial charge in [-0.25, -0.2) is 9.18 Å². The average molecular weight is 623 g/mol. The van der Waals surface area contributed by atoms with E-state index in [-0.39, 0.29) is 23.3 Å². The van der Waals surface area contributed by atoms with Crippen LogP contribution in [0.4, 0.5) is 33.7 Å². The van der Waals surface area contributed by atoms with Crippen molar-refractivity contribution in [2.24, 2.45) is 11.3 Å². The highest BCUT2D eigenvalue weighted by molar-refractivity contribution is 5.97. The van der Waals surface area contributed by atoms with Crippen LogP contribution in [-0.2, 0) is 20.6 Å². The number of nitrogens with zero attached hydrogens (tertiary/aromatic N) is 3. The number of halogens is 4. The van der Waals surface area contributed by atoms with Crippen LogP contribution in [0, 0.1) is 11.3 Å². The first-order chi connectivity index (χ1) is 20.4. The molecule has 2 amide bonds. The predicted octanol–water partition coefficient (Wildman–Crippen LogP) is 6.70. The number of hydrogen-bond acceptors (Lipinski definition) is 7. The lowest BCUT2D eigenvalue weighted by molar-refractivity contribution is -0.295. The van der Waals surface area contributed by atoms with Crippen LogP contribution in [0.25, 0.3) is 0 Å². The van der Waals surface area contributed by atoms with Gasteiger partial charge in [-0.1, -0.05) is 11.2 Å². The lowest BCUT2D eigenvalue weighted by Gasteiger charge is -2.54. The molecule has 1 aromatic carbocycles. The van der Waals surface area contributed by atoms with Gasteiger partial charge in [0.05, 0.1) is 0 Å². The normalized spacial score (nSPS) is 30.8. The second-order valence-electron chi connectivity index (χ2n) is 14.4. The number of aliphatic hydroxyl groups is 1. The van der Waals surface area contributed by atoms with E-state index in [4.69, 9.17) is 9.26 Å². The molecule has 0 spiro atoms. The van der Waals surface area contributed by atoms with E-state index in [1.165, 1.54) is 4.90 Å². The van der Waals surface area contributed by atoms with E-state index in [2.05, 4.69) is 15.5 Å². The minimum atomic E-state index is -4.82. The minimum absolute atomic E-state index is 0.0419. The molecule has 1 heterocycles. The zero-order valence-electron chi connectivity index (χ0n) is 25.1. The summed E-state index contributed by atoms with van der Waals surface area (Å²) in [7, 11) is 0. The Morgan fingerprint density at radius 1 is 1.07 bits per heavy atom. The third-order valence-corrected chi connectivity index (χ3v) is 9.98. The predicted molar refractivity (Wildman–Crippen MR) is 151 cm³/mol. The van der Waals surface area contributed by atoms with Crippen molar-refractivity contribution in [3.05, 3.63) is 36.0 Å². The van der Waals surface area contributed by atoms with Crippen molar-refractivity contribution in [2.75, 3.05) is 16.8 Å². The molecule has 0 saturated heterocycles. The second-order valence-corrected chi connectivity index (χ2v) is 14.4. The Labute approximate surface area is 252 Å². The Balaban J connectivity index is 1.22. The van der Waals surface area contributed by atoms with Crippen molar-refractivity contribution >= 4 is 23.4 Å². The summed E-state index contributed by atoms with van der Waals surface area (Å²) in [6.45, 7) is 5.46. The zero-order valence-corrected chi connectivity index (χ0v) is 25.1. The molecule has 0 unspecified atom stereocenters. The molecule has 13 heteroatoms. The molecule has 0 radical (unpaired) electrons. The van der Waals surface area contributed by atoms with E-state index in [0.29, 0.717) is 68.6 Å². The smallest absolute Gasteiger partial charge is 0.417 e. The Bertz CT molecular complexity index is 1420. The third-order valence-electron chi connectivity index (χ3n) is 9.98. The number of carbonyl (C=O) groups is 2. The van der Waals surface area contributed by atoms with Gasteiger partial charge in [0.25, 0.3) is 5.89 Å². The van der Waals surface area contributed by atoms with Gasteiger partial charge in [0.2, 0.25) is 5.91 Å². The van der Waals surface area contributed by atoms with Gasteiger partial charge >= 0.3 is 12.3 Å². The molecular formula is C31H38F4N4O5. The maximum absolute atomic E-state index is 14.5. The molecule has 9 nitrogen and oxygen atoms in total. The minimum Gasteiger partial charge on any atom is -0.444 e. The summed E-state index contributed by atoms with van der Waals surface area (Å²) in [5.74, 6) is -0.926. The van der Waals surface area contributed by atoms with Gasteiger partial charge in [0, 0.05) is 29.3 Å². The molecule has 2 N–H and O–H groups in total. The molecule has 240 valence electrons. The molecule has 5 saturated carbocycles. The standard InChI is InChI=1S/C31H38F4N4O5/c1-26(2,3)43-25(41)36-20-5-4-6-21(15-20)39(22(40)19-16-30(42,17-19)31(33,34)35)18-27-7-10-28(11-8-27,12-9-27)23-37-24(44-38-23)29(32)13-14-29/h4-6,15,19,42H,7-14,16-18H2,1-3H3,(H,36,41). The lowest BCUT2D eigenvalue weighted by atomic mass is 9.53. The monoisotopic (exact) mass is 622 g/mol. The van der Waals surface area contributed by atoms with Gasteiger partial charge in [-0.2, -0.15) is 18.2 Å². The first-order valence-electron chi connectivity index (χ1n) is 15.2. The molecule has 0 atom stereocenters. The highest BCUT2D eigenvalue weighted by Gasteiger charge is 2.63. The number of ether oxygens (including phenoxy) is 1. The van der Waals surface area contributed by atoms with Gasteiger partial charge in [-0.05, 0) is 109 Å². The van der Waals surface area contributed by atoms with Gasteiger partial charge in [-0.3, -0.25) is 10.1 Å². The topological polar surface area (TPSA) is 118 Å². The van der Waals surface area contributed by atoms with Crippen LogP contribution in [0.3, 0.4) is 0 Å². The Hall–Kier alpha value is -3.22. The van der Waals surface area contributed by atoms with Crippen LogP contribution in [0.5, 0.6) is 0 Å². The number of amides is 2. The summed E-state index contributed by atoms with van der Waals surface area (Å²) in [6, 6.07) is 6.59. The molecule has 1 aromatic heterocycles. The van der Waals surface area contributed by atoms with Crippen LogP contribution in [0.15, 0.2) is 28.8 Å². The van der Waals surface area contributed by atoms with Gasteiger partial charge in [0.15, 0.2) is 17.1 Å². The summed E-state index contributed by atoms with van der Waals surface area (Å²) < 4.78 is 65.4. The van der Waals surface area contributed by atoms with E-state index in [9.17, 15) is 32.3 Å². The van der Waals surface area contributed by atoms with E-state index < -0.39 is 53.8 Å². The van der Waals surface area contributed by atoms with Crippen molar-refractivity contribution in [1.29, 1.82) is 0 Å². The molecule has 5 fully saturated rings. The van der Waals surface area contributed by atoms with Gasteiger partial charge in [-0.15, -0.1) is 0 Å². The summed E-state index contributed by atoms with van der Waals surface area (Å²) in [4.78, 5) is 32.2. The molecule has 44 heavy (non-hydrogen) atoms. The first kappa shape index (κ1) is 30.8. The SMILES string of the molecule is CC(C)(C)OC(=O)Nc1cccc(N(CC23CCC(c4noc(C5(F)CC5)n4)(CC2)CC3)C(=O)C2CC(O)(C(F)(F)F)C2)c1. The van der Waals surface area contributed by atoms with Crippen molar-refractivity contribution < 1.29 is 41.5 Å². The second kappa shape index (κ2) is 10.1. The average Bonchev–Trinajstić information content (AvgIpc) is 3.46. The number of rotatable bonds is 7. The number of anilines is 2. The highest BCUT2D eigenvalue weighted by atomic mass is 19.4. The fourth-order valence-electron chi connectivity index (χ4n) is 6.97. The maximum atomic E-state index is 14.5. The summed E-state index contributed by atoms with van der Waals surface area (Å²) >= 11 is 0. The Morgan fingerprint density at radius 2 is 1.70 bits per heavy atom. The van der Waals surface area contributed by atoms with Crippen molar-refractivity contribution in [2.45, 2.75) is 113 Å². The fourth-order valence-corrected chi connectivity index (χ4v) is 6.97. The summed E-state index contributed by atoms with van der Waals surface area (Å²) in [5, 5.41) is 16.9. The molecule has 7 rings (SSSR count). The number of fused-ring (bicyclic) bond motifs is 3. The van der Waals surface area contributed by atoms with E-state index in [0.717, 1.165) is 0 Å². The molecule has 2 aromatic rings. The van der Waals surface area contributed by atoms with Crippen LogP contribution < -0.4 is 10.2 Å². The fraction of sp³-hybridized carbons (Fsp3) is 0.677. The van der Waals surface area contributed by atoms with Gasteiger partial charge < -0.3 is 19.3 Å².